The average Bonchev–Trinajstić information content (AvgIpc) is 3.12. The van der Waals surface area contributed by atoms with E-state index >= 15 is 0 Å². The van der Waals surface area contributed by atoms with E-state index in [1.165, 1.54) is 43.6 Å². The summed E-state index contributed by atoms with van der Waals surface area (Å²) < 4.78 is 59.2. The number of aliphatic imine (C=N–C) groups is 1. The Kier molecular flexibility index (Phi) is 5.45. The van der Waals surface area contributed by atoms with E-state index in [4.69, 9.17) is 4.74 Å². The zero-order chi connectivity index (χ0) is 23.0. The van der Waals surface area contributed by atoms with Gasteiger partial charge in [-0.3, -0.25) is 14.4 Å². The van der Waals surface area contributed by atoms with Crippen LogP contribution in [0.2, 0.25) is 0 Å². The smallest absolute Gasteiger partial charge is 0.321 e. The Bertz CT molecular complexity index is 1180. The SMILES string of the molecule is COc1cc(C2=N[C@H](C)[C@@](c3ccc(F)cc3)(c3ccc(F)nc3)N2)cn(C(F)F)c1=O. The molecular weight excluding hydrogens is 428 g/mol. The van der Waals surface area contributed by atoms with Crippen molar-refractivity contribution < 1.29 is 22.3 Å². The summed E-state index contributed by atoms with van der Waals surface area (Å²) in [6.45, 7) is -1.31. The van der Waals surface area contributed by atoms with Gasteiger partial charge in [0.05, 0.1) is 13.2 Å². The molecule has 0 unspecified atom stereocenters. The quantitative estimate of drug-likeness (QED) is 0.480. The number of ether oxygens (including phenoxy) is 1. The summed E-state index contributed by atoms with van der Waals surface area (Å²) in [4.78, 5) is 20.4. The Morgan fingerprint density at radius 1 is 1.12 bits per heavy atom. The zero-order valence-electron chi connectivity index (χ0n) is 17.0. The second-order valence-electron chi connectivity index (χ2n) is 7.25. The van der Waals surface area contributed by atoms with Crippen LogP contribution in [0.5, 0.6) is 5.75 Å². The number of amidine groups is 1. The zero-order valence-corrected chi connectivity index (χ0v) is 17.0. The molecule has 166 valence electrons. The predicted octanol–water partition coefficient (Wildman–Crippen LogP) is 3.61. The van der Waals surface area contributed by atoms with Gasteiger partial charge in [0.2, 0.25) is 5.95 Å². The largest absolute Gasteiger partial charge is 0.491 e. The highest BCUT2D eigenvalue weighted by Gasteiger charge is 2.45. The van der Waals surface area contributed by atoms with Gasteiger partial charge in [-0.15, -0.1) is 0 Å². The first-order chi connectivity index (χ1) is 15.3. The fraction of sp³-hybridized carbons (Fsp3) is 0.227. The number of nitrogens with zero attached hydrogens (tertiary/aromatic N) is 3. The number of hydrogen-bond acceptors (Lipinski definition) is 5. The Balaban J connectivity index is 1.86. The van der Waals surface area contributed by atoms with Crippen LogP contribution in [-0.4, -0.2) is 28.5 Å². The maximum absolute atomic E-state index is 13.6. The van der Waals surface area contributed by atoms with Crippen molar-refractivity contribution in [2.75, 3.05) is 7.11 Å². The summed E-state index contributed by atoms with van der Waals surface area (Å²) in [5, 5.41) is 3.23. The van der Waals surface area contributed by atoms with Crippen molar-refractivity contribution in [3.63, 3.8) is 0 Å². The number of benzene rings is 1. The van der Waals surface area contributed by atoms with Crippen LogP contribution in [0, 0.1) is 11.8 Å². The molecule has 3 heterocycles. The number of methoxy groups -OCH3 is 1. The van der Waals surface area contributed by atoms with Crippen LogP contribution in [-0.2, 0) is 5.54 Å². The van der Waals surface area contributed by atoms with Gasteiger partial charge in [-0.25, -0.2) is 9.37 Å². The molecule has 0 fully saturated rings. The maximum Gasteiger partial charge on any atom is 0.321 e. The van der Waals surface area contributed by atoms with Crippen LogP contribution >= 0.6 is 0 Å². The molecular formula is C22H18F4N4O2. The van der Waals surface area contributed by atoms with E-state index in [1.54, 1.807) is 19.1 Å². The molecule has 0 radical (unpaired) electrons. The van der Waals surface area contributed by atoms with Crippen LogP contribution < -0.4 is 15.6 Å². The molecule has 1 aromatic carbocycles. The standard InChI is InChI=1S/C22H18F4N4O2/c1-12-22(14-3-6-16(23)7-4-14,15-5-8-18(24)27-10-15)29-19(28-12)13-9-17(32-2)20(31)30(11-13)21(25)26/h3-12,21H,1-2H3,(H,28,29)/t12-,22-/m1/s1. The highest BCUT2D eigenvalue weighted by atomic mass is 19.3. The van der Waals surface area contributed by atoms with Gasteiger partial charge in [-0.05, 0) is 36.8 Å². The summed E-state index contributed by atoms with van der Waals surface area (Å²) in [5.74, 6) is -1.19. The summed E-state index contributed by atoms with van der Waals surface area (Å²) in [7, 11) is 1.20. The molecule has 4 rings (SSSR count). The van der Waals surface area contributed by atoms with Crippen molar-refractivity contribution in [2.24, 2.45) is 4.99 Å². The van der Waals surface area contributed by atoms with Crippen LogP contribution in [0.1, 0.15) is 30.2 Å². The molecule has 10 heteroatoms. The fourth-order valence-corrected chi connectivity index (χ4v) is 3.87. The van der Waals surface area contributed by atoms with Gasteiger partial charge < -0.3 is 10.1 Å². The van der Waals surface area contributed by atoms with Gasteiger partial charge >= 0.3 is 6.55 Å². The highest BCUT2D eigenvalue weighted by Crippen LogP contribution is 2.38. The minimum absolute atomic E-state index is 0.188. The molecule has 0 saturated heterocycles. The third-order valence-corrected chi connectivity index (χ3v) is 5.46. The van der Waals surface area contributed by atoms with Gasteiger partial charge in [0.1, 0.15) is 17.2 Å². The minimum Gasteiger partial charge on any atom is -0.491 e. The number of nitrogens with one attached hydrogen (secondary N) is 1. The molecule has 1 aliphatic heterocycles. The molecule has 0 amide bonds. The lowest BCUT2D eigenvalue weighted by Crippen LogP contribution is -2.48. The van der Waals surface area contributed by atoms with Crippen molar-refractivity contribution in [1.82, 2.24) is 14.9 Å². The number of hydrogen-bond donors (Lipinski definition) is 1. The van der Waals surface area contributed by atoms with Crippen LogP contribution in [0.3, 0.4) is 0 Å². The van der Waals surface area contributed by atoms with Crippen LogP contribution in [0.4, 0.5) is 17.6 Å². The second kappa shape index (κ2) is 8.10. The molecule has 0 spiro atoms. The fourth-order valence-electron chi connectivity index (χ4n) is 3.87. The Labute approximate surface area is 180 Å². The normalized spacial score (nSPS) is 20.2. The molecule has 0 bridgehead atoms. The monoisotopic (exact) mass is 446 g/mol. The van der Waals surface area contributed by atoms with Crippen molar-refractivity contribution in [3.05, 3.63) is 93.7 Å². The molecule has 0 saturated carbocycles. The van der Waals surface area contributed by atoms with Crippen molar-refractivity contribution in [2.45, 2.75) is 25.1 Å². The van der Waals surface area contributed by atoms with Crippen molar-refractivity contribution in [1.29, 1.82) is 0 Å². The molecule has 32 heavy (non-hydrogen) atoms. The molecule has 2 aromatic heterocycles. The topological polar surface area (TPSA) is 68.5 Å². The van der Waals surface area contributed by atoms with Gasteiger partial charge in [0.25, 0.3) is 5.56 Å². The number of alkyl halides is 2. The predicted molar refractivity (Wildman–Crippen MR) is 109 cm³/mol. The molecule has 2 atom stereocenters. The van der Waals surface area contributed by atoms with E-state index in [0.29, 0.717) is 11.1 Å². The lowest BCUT2D eigenvalue weighted by Gasteiger charge is -2.34. The third kappa shape index (κ3) is 3.51. The molecule has 1 aliphatic rings. The Hall–Kier alpha value is -3.69. The lowest BCUT2D eigenvalue weighted by atomic mass is 9.79. The van der Waals surface area contributed by atoms with Crippen molar-refractivity contribution in [3.8, 4) is 5.75 Å². The van der Waals surface area contributed by atoms with E-state index in [0.717, 1.165) is 6.20 Å². The van der Waals surface area contributed by atoms with E-state index in [2.05, 4.69) is 15.3 Å². The van der Waals surface area contributed by atoms with Gasteiger partial charge in [0, 0.05) is 23.5 Å². The van der Waals surface area contributed by atoms with Gasteiger partial charge in [-0.1, -0.05) is 18.2 Å². The van der Waals surface area contributed by atoms with E-state index in [1.807, 2.05) is 0 Å². The molecule has 1 N–H and O–H groups in total. The van der Waals surface area contributed by atoms with E-state index in [-0.39, 0.29) is 21.7 Å². The van der Waals surface area contributed by atoms with Crippen LogP contribution in [0.15, 0.2) is 64.6 Å². The first-order valence-electron chi connectivity index (χ1n) is 9.59. The number of aromatic nitrogens is 2. The summed E-state index contributed by atoms with van der Waals surface area (Å²) >= 11 is 0. The third-order valence-electron chi connectivity index (χ3n) is 5.46. The Morgan fingerprint density at radius 2 is 1.81 bits per heavy atom. The van der Waals surface area contributed by atoms with Gasteiger partial charge in [0.15, 0.2) is 5.75 Å². The lowest BCUT2D eigenvalue weighted by molar-refractivity contribution is 0.0653. The summed E-state index contributed by atoms with van der Waals surface area (Å²) in [6.07, 6.45) is 2.32. The van der Waals surface area contributed by atoms with Crippen LogP contribution in [0.25, 0.3) is 0 Å². The summed E-state index contributed by atoms with van der Waals surface area (Å²) in [6, 6.07) is 9.15. The van der Waals surface area contributed by atoms with E-state index in [9.17, 15) is 22.4 Å². The molecule has 0 aliphatic carbocycles. The van der Waals surface area contributed by atoms with Crippen molar-refractivity contribution >= 4 is 5.84 Å². The Morgan fingerprint density at radius 3 is 2.41 bits per heavy atom. The first-order valence-corrected chi connectivity index (χ1v) is 9.59. The minimum atomic E-state index is -3.08. The highest BCUT2D eigenvalue weighted by molar-refractivity contribution is 6.01. The van der Waals surface area contributed by atoms with E-state index < -0.39 is 35.5 Å². The number of pyridine rings is 2. The second-order valence-corrected chi connectivity index (χ2v) is 7.25. The average molecular weight is 446 g/mol. The first kappa shape index (κ1) is 21.5. The maximum atomic E-state index is 13.6. The number of halogens is 4. The summed E-state index contributed by atoms with van der Waals surface area (Å²) in [5.41, 5.74) is -0.750. The molecule has 3 aromatic rings. The molecule has 6 nitrogen and oxygen atoms in total. The number of rotatable bonds is 5. The van der Waals surface area contributed by atoms with Gasteiger partial charge in [-0.2, -0.15) is 13.2 Å².